The topological polar surface area (TPSA) is 29.9 Å². The van der Waals surface area contributed by atoms with Crippen LogP contribution < -0.4 is 5.32 Å². The monoisotopic (exact) mass is 209 g/mol. The van der Waals surface area contributed by atoms with Crippen molar-refractivity contribution < 1.29 is 0 Å². The smallest absolute Gasteiger partial charge is 0.0597 e. The zero-order valence-corrected chi connectivity index (χ0v) is 10.4. The molecule has 0 fully saturated rings. The number of rotatable bonds is 6. The third kappa shape index (κ3) is 3.67. The van der Waals surface area contributed by atoms with Crippen LogP contribution in [0.3, 0.4) is 0 Å². The van der Waals surface area contributed by atoms with Crippen LogP contribution in [0.4, 0.5) is 0 Å². The Morgan fingerprint density at radius 3 is 2.80 bits per heavy atom. The molecule has 0 radical (unpaired) electrons. The molecule has 1 aromatic rings. The average Bonchev–Trinajstić information content (AvgIpc) is 2.58. The minimum Gasteiger partial charge on any atom is -0.311 e. The lowest BCUT2D eigenvalue weighted by atomic mass is 10.1. The van der Waals surface area contributed by atoms with Crippen LogP contribution in [0.25, 0.3) is 0 Å². The van der Waals surface area contributed by atoms with Crippen LogP contribution in [-0.2, 0) is 13.1 Å². The lowest BCUT2D eigenvalue weighted by Gasteiger charge is -2.10. The van der Waals surface area contributed by atoms with E-state index in [4.69, 9.17) is 0 Å². The summed E-state index contributed by atoms with van der Waals surface area (Å²) in [6, 6.07) is 2.16. The zero-order chi connectivity index (χ0) is 11.3. The predicted octanol–water partition coefficient (Wildman–Crippen LogP) is 2.35. The Hall–Kier alpha value is -0.830. The van der Waals surface area contributed by atoms with Crippen LogP contribution in [0, 0.1) is 12.8 Å². The molecular weight excluding hydrogens is 186 g/mol. The Bertz CT molecular complexity index is 291. The minimum absolute atomic E-state index is 0.754. The van der Waals surface area contributed by atoms with Gasteiger partial charge in [-0.15, -0.1) is 0 Å². The van der Waals surface area contributed by atoms with Gasteiger partial charge in [-0.3, -0.25) is 4.68 Å². The molecule has 0 bridgehead atoms. The van der Waals surface area contributed by atoms with Crippen molar-refractivity contribution in [3.63, 3.8) is 0 Å². The maximum atomic E-state index is 4.42. The van der Waals surface area contributed by atoms with E-state index in [-0.39, 0.29) is 0 Å². The molecule has 0 aromatic carbocycles. The van der Waals surface area contributed by atoms with Crippen LogP contribution in [0.1, 0.15) is 38.6 Å². The lowest BCUT2D eigenvalue weighted by molar-refractivity contribution is 0.486. The predicted molar refractivity (Wildman–Crippen MR) is 63.8 cm³/mol. The number of aryl methyl sites for hydroxylation is 2. The van der Waals surface area contributed by atoms with Crippen LogP contribution in [0.5, 0.6) is 0 Å². The second-order valence-electron chi connectivity index (χ2n) is 4.24. The lowest BCUT2D eigenvalue weighted by Crippen LogP contribution is -2.22. The van der Waals surface area contributed by atoms with Gasteiger partial charge in [0.25, 0.3) is 0 Å². The van der Waals surface area contributed by atoms with Crippen LogP contribution in [0.2, 0.25) is 0 Å². The average molecular weight is 209 g/mol. The van der Waals surface area contributed by atoms with Gasteiger partial charge in [0, 0.05) is 13.1 Å². The van der Waals surface area contributed by atoms with Gasteiger partial charge in [0.15, 0.2) is 0 Å². The normalized spacial score (nSPS) is 13.1. The van der Waals surface area contributed by atoms with E-state index in [2.05, 4.69) is 41.9 Å². The molecule has 0 aliphatic carbocycles. The van der Waals surface area contributed by atoms with Gasteiger partial charge >= 0.3 is 0 Å². The third-order valence-electron chi connectivity index (χ3n) is 2.78. The molecule has 1 aromatic heterocycles. The Kier molecular flexibility index (Phi) is 4.82. The largest absolute Gasteiger partial charge is 0.311 e. The first-order valence-electron chi connectivity index (χ1n) is 5.91. The second-order valence-corrected chi connectivity index (χ2v) is 4.24. The van der Waals surface area contributed by atoms with Gasteiger partial charge in [0.2, 0.25) is 0 Å². The molecule has 0 aliphatic rings. The fourth-order valence-electron chi connectivity index (χ4n) is 1.61. The highest BCUT2D eigenvalue weighted by molar-refractivity contribution is 5.08. The molecule has 0 amide bonds. The quantitative estimate of drug-likeness (QED) is 0.779. The molecule has 0 saturated carbocycles. The van der Waals surface area contributed by atoms with Gasteiger partial charge in [0.05, 0.1) is 11.4 Å². The number of aromatic nitrogens is 2. The summed E-state index contributed by atoms with van der Waals surface area (Å²) in [5.41, 5.74) is 2.40. The van der Waals surface area contributed by atoms with Crippen molar-refractivity contribution in [1.82, 2.24) is 15.1 Å². The zero-order valence-electron chi connectivity index (χ0n) is 10.4. The van der Waals surface area contributed by atoms with E-state index in [1.54, 1.807) is 0 Å². The summed E-state index contributed by atoms with van der Waals surface area (Å²) in [7, 11) is 0. The fourth-order valence-corrected chi connectivity index (χ4v) is 1.61. The maximum absolute atomic E-state index is 4.42. The van der Waals surface area contributed by atoms with Gasteiger partial charge in [-0.25, -0.2) is 0 Å². The molecule has 0 saturated heterocycles. The Labute approximate surface area is 92.9 Å². The van der Waals surface area contributed by atoms with Gasteiger partial charge in [-0.2, -0.15) is 5.10 Å². The summed E-state index contributed by atoms with van der Waals surface area (Å²) in [4.78, 5) is 0. The first-order valence-corrected chi connectivity index (χ1v) is 5.91. The Morgan fingerprint density at radius 1 is 1.47 bits per heavy atom. The second kappa shape index (κ2) is 5.91. The van der Waals surface area contributed by atoms with E-state index in [0.29, 0.717) is 0 Å². The SMILES string of the molecule is CCC(C)CNCc1cc(C)nn1CC. The van der Waals surface area contributed by atoms with E-state index in [1.807, 2.05) is 6.92 Å². The molecule has 86 valence electrons. The molecule has 1 heterocycles. The molecule has 1 rings (SSSR count). The highest BCUT2D eigenvalue weighted by Gasteiger charge is 2.04. The van der Waals surface area contributed by atoms with E-state index >= 15 is 0 Å². The van der Waals surface area contributed by atoms with Crippen LogP contribution in [0.15, 0.2) is 6.07 Å². The molecule has 1 unspecified atom stereocenters. The van der Waals surface area contributed by atoms with Gasteiger partial charge in [-0.1, -0.05) is 20.3 Å². The third-order valence-corrected chi connectivity index (χ3v) is 2.78. The van der Waals surface area contributed by atoms with Gasteiger partial charge < -0.3 is 5.32 Å². The molecule has 1 N–H and O–H groups in total. The number of nitrogens with zero attached hydrogens (tertiary/aromatic N) is 2. The first kappa shape index (κ1) is 12.2. The van der Waals surface area contributed by atoms with Crippen molar-refractivity contribution in [3.05, 3.63) is 17.5 Å². The maximum Gasteiger partial charge on any atom is 0.0597 e. The van der Waals surface area contributed by atoms with Crippen molar-refractivity contribution in [1.29, 1.82) is 0 Å². The van der Waals surface area contributed by atoms with Crippen LogP contribution >= 0.6 is 0 Å². The standard InChI is InChI=1S/C12H23N3/c1-5-10(3)8-13-9-12-7-11(4)14-15(12)6-2/h7,10,13H,5-6,8-9H2,1-4H3. The van der Waals surface area contributed by atoms with Crippen molar-refractivity contribution in [2.24, 2.45) is 5.92 Å². The summed E-state index contributed by atoms with van der Waals surface area (Å²) < 4.78 is 2.07. The van der Waals surface area contributed by atoms with Crippen LogP contribution in [-0.4, -0.2) is 16.3 Å². The Balaban J connectivity index is 2.42. The molecule has 1 atom stereocenters. The number of hydrogen-bond donors (Lipinski definition) is 1. The van der Waals surface area contributed by atoms with Crippen molar-refractivity contribution >= 4 is 0 Å². The van der Waals surface area contributed by atoms with Gasteiger partial charge in [-0.05, 0) is 32.4 Å². The van der Waals surface area contributed by atoms with Crippen molar-refractivity contribution in [2.45, 2.75) is 47.2 Å². The first-order chi connectivity index (χ1) is 7.17. The summed E-state index contributed by atoms with van der Waals surface area (Å²) in [6.07, 6.45) is 1.24. The van der Waals surface area contributed by atoms with Crippen molar-refractivity contribution in [2.75, 3.05) is 6.54 Å². The van der Waals surface area contributed by atoms with E-state index in [1.165, 1.54) is 12.1 Å². The highest BCUT2D eigenvalue weighted by Crippen LogP contribution is 2.04. The molecule has 0 spiro atoms. The fraction of sp³-hybridized carbons (Fsp3) is 0.750. The summed E-state index contributed by atoms with van der Waals surface area (Å²) >= 11 is 0. The number of nitrogens with one attached hydrogen (secondary N) is 1. The summed E-state index contributed by atoms with van der Waals surface area (Å²) in [6.45, 7) is 11.6. The summed E-state index contributed by atoms with van der Waals surface area (Å²) in [5, 5.41) is 7.90. The molecular formula is C12H23N3. The van der Waals surface area contributed by atoms with E-state index in [9.17, 15) is 0 Å². The Morgan fingerprint density at radius 2 is 2.20 bits per heavy atom. The molecule has 3 heteroatoms. The van der Waals surface area contributed by atoms with Gasteiger partial charge in [0.1, 0.15) is 0 Å². The molecule has 3 nitrogen and oxygen atoms in total. The number of hydrogen-bond acceptors (Lipinski definition) is 2. The molecule has 15 heavy (non-hydrogen) atoms. The minimum atomic E-state index is 0.754. The van der Waals surface area contributed by atoms with E-state index in [0.717, 1.165) is 31.2 Å². The molecule has 0 aliphatic heterocycles. The van der Waals surface area contributed by atoms with Crippen molar-refractivity contribution in [3.8, 4) is 0 Å². The van der Waals surface area contributed by atoms with E-state index < -0.39 is 0 Å². The summed E-state index contributed by atoms with van der Waals surface area (Å²) in [5.74, 6) is 0.754. The highest BCUT2D eigenvalue weighted by atomic mass is 15.3.